The maximum Gasteiger partial charge on any atom is 0.488 e. The predicted octanol–water partition coefficient (Wildman–Crippen LogP) is 0.173. The van der Waals surface area contributed by atoms with E-state index in [4.69, 9.17) is 10.0 Å². The molecule has 0 saturated carbocycles. The third-order valence-electron chi connectivity index (χ3n) is 2.52. The highest BCUT2D eigenvalue weighted by atomic mass is 16.4. The second-order valence-electron chi connectivity index (χ2n) is 4.00. The first-order valence-electron chi connectivity index (χ1n) is 5.85. The maximum atomic E-state index is 11.4. The van der Waals surface area contributed by atoms with Crippen molar-refractivity contribution in [1.29, 1.82) is 0 Å². The van der Waals surface area contributed by atoms with Gasteiger partial charge >= 0.3 is 7.12 Å². The number of hydrogen-bond acceptors (Lipinski definition) is 3. The van der Waals surface area contributed by atoms with Crippen LogP contribution in [-0.4, -0.2) is 23.1 Å². The summed E-state index contributed by atoms with van der Waals surface area (Å²) in [7, 11) is -1.44. The molecule has 1 amide bonds. The number of carbonyl (C=O) groups excluding carboxylic acids is 1. The fourth-order valence-corrected chi connectivity index (χ4v) is 1.43. The Hall–Kier alpha value is -1.33. The molecule has 3 N–H and O–H groups in total. The molecule has 0 aliphatic rings. The molecule has 92 valence electrons. The second kappa shape index (κ2) is 7.09. The fraction of sp³-hybridized carbons (Fsp3) is 0.417. The van der Waals surface area contributed by atoms with Gasteiger partial charge < -0.3 is 15.4 Å². The minimum Gasteiger partial charge on any atom is -0.423 e. The van der Waals surface area contributed by atoms with Gasteiger partial charge in [0.25, 0.3) is 0 Å². The molecule has 0 bridgehead atoms. The van der Waals surface area contributed by atoms with Gasteiger partial charge in [-0.2, -0.15) is 0 Å². The number of nitrogens with one attached hydrogen (secondary N) is 1. The molecule has 0 aliphatic heterocycles. The molecular weight excluding hydrogens is 217 g/mol. The van der Waals surface area contributed by atoms with Crippen molar-refractivity contribution in [1.82, 2.24) is 5.32 Å². The van der Waals surface area contributed by atoms with Gasteiger partial charge in [-0.05, 0) is 17.4 Å². The smallest absolute Gasteiger partial charge is 0.423 e. The van der Waals surface area contributed by atoms with Gasteiger partial charge in [0, 0.05) is 13.0 Å². The zero-order valence-electron chi connectivity index (χ0n) is 10.0. The Morgan fingerprint density at radius 3 is 2.47 bits per heavy atom. The lowest BCUT2D eigenvalue weighted by Gasteiger charge is -2.06. The van der Waals surface area contributed by atoms with Crippen molar-refractivity contribution < 1.29 is 14.8 Å². The number of amides is 1. The van der Waals surface area contributed by atoms with Gasteiger partial charge in [0.1, 0.15) is 0 Å². The van der Waals surface area contributed by atoms with Crippen molar-refractivity contribution in [3.63, 3.8) is 0 Å². The fourth-order valence-electron chi connectivity index (χ4n) is 1.43. The summed E-state index contributed by atoms with van der Waals surface area (Å²) in [4.78, 5) is 11.4. The van der Waals surface area contributed by atoms with Gasteiger partial charge in [-0.3, -0.25) is 4.79 Å². The van der Waals surface area contributed by atoms with Crippen LogP contribution in [0.5, 0.6) is 0 Å². The summed E-state index contributed by atoms with van der Waals surface area (Å²) in [5.74, 6) is 0.0538. The average Bonchev–Trinajstić information content (AvgIpc) is 2.34. The molecule has 0 atom stereocenters. The molecule has 5 heteroatoms. The van der Waals surface area contributed by atoms with Crippen LogP contribution in [0, 0.1) is 0 Å². The highest BCUT2D eigenvalue weighted by molar-refractivity contribution is 6.58. The van der Waals surface area contributed by atoms with E-state index < -0.39 is 7.12 Å². The summed E-state index contributed by atoms with van der Waals surface area (Å²) in [6.45, 7) is 2.52. The third kappa shape index (κ3) is 5.02. The van der Waals surface area contributed by atoms with Crippen LogP contribution >= 0.6 is 0 Å². The van der Waals surface area contributed by atoms with Crippen molar-refractivity contribution in [3.8, 4) is 0 Å². The monoisotopic (exact) mass is 235 g/mol. The summed E-state index contributed by atoms with van der Waals surface area (Å²) in [6, 6.07) is 6.82. The number of rotatable bonds is 6. The number of hydrogen-bond donors (Lipinski definition) is 3. The van der Waals surface area contributed by atoms with Crippen LogP contribution in [0.4, 0.5) is 0 Å². The maximum absolute atomic E-state index is 11.4. The van der Waals surface area contributed by atoms with Gasteiger partial charge in [0.15, 0.2) is 0 Å². The Labute approximate surface area is 102 Å². The zero-order chi connectivity index (χ0) is 12.7. The molecule has 0 aliphatic carbocycles. The van der Waals surface area contributed by atoms with Gasteiger partial charge in [-0.15, -0.1) is 0 Å². The zero-order valence-corrected chi connectivity index (χ0v) is 10.0. The molecule has 1 aromatic carbocycles. The molecule has 0 radical (unpaired) electrons. The summed E-state index contributed by atoms with van der Waals surface area (Å²) >= 11 is 0. The van der Waals surface area contributed by atoms with E-state index in [1.165, 1.54) is 0 Å². The molecule has 0 saturated heterocycles. The van der Waals surface area contributed by atoms with Crippen LogP contribution in [0.1, 0.15) is 31.7 Å². The molecule has 0 fully saturated rings. The number of unbranched alkanes of at least 4 members (excludes halogenated alkanes) is 1. The minimum absolute atomic E-state index is 0.0538. The van der Waals surface area contributed by atoms with E-state index in [0.717, 1.165) is 18.4 Å². The third-order valence-corrected chi connectivity index (χ3v) is 2.52. The average molecular weight is 235 g/mol. The highest BCUT2D eigenvalue weighted by Crippen LogP contribution is 1.98. The minimum atomic E-state index is -1.44. The van der Waals surface area contributed by atoms with Crippen molar-refractivity contribution >= 4 is 18.5 Å². The lowest BCUT2D eigenvalue weighted by atomic mass is 9.80. The Balaban J connectivity index is 2.39. The van der Waals surface area contributed by atoms with Gasteiger partial charge in [-0.25, -0.2) is 0 Å². The molecule has 0 heterocycles. The SMILES string of the molecule is CCCCC(=O)NCc1ccc(B(O)O)cc1. The van der Waals surface area contributed by atoms with Gasteiger partial charge in [0.05, 0.1) is 0 Å². The molecule has 0 aromatic heterocycles. The first-order valence-corrected chi connectivity index (χ1v) is 5.85. The van der Waals surface area contributed by atoms with Crippen LogP contribution in [0.3, 0.4) is 0 Å². The molecular formula is C12H18BNO3. The normalized spacial score (nSPS) is 10.1. The van der Waals surface area contributed by atoms with E-state index in [0.29, 0.717) is 18.4 Å². The topological polar surface area (TPSA) is 69.6 Å². The highest BCUT2D eigenvalue weighted by Gasteiger charge is 2.09. The van der Waals surface area contributed by atoms with Gasteiger partial charge in [0.2, 0.25) is 5.91 Å². The molecule has 4 nitrogen and oxygen atoms in total. The quantitative estimate of drug-likeness (QED) is 0.616. The molecule has 1 aromatic rings. The Morgan fingerprint density at radius 1 is 1.29 bits per heavy atom. The van der Waals surface area contributed by atoms with E-state index in [1.54, 1.807) is 24.3 Å². The lowest BCUT2D eigenvalue weighted by Crippen LogP contribution is -2.29. The second-order valence-corrected chi connectivity index (χ2v) is 4.00. The van der Waals surface area contributed by atoms with E-state index in [-0.39, 0.29) is 5.91 Å². The molecule has 17 heavy (non-hydrogen) atoms. The standard InChI is InChI=1S/C12H18BNO3/c1-2-3-4-12(15)14-9-10-5-7-11(8-6-10)13(16)17/h5-8,16-17H,2-4,9H2,1H3,(H,14,15). The number of benzene rings is 1. The lowest BCUT2D eigenvalue weighted by molar-refractivity contribution is -0.121. The summed E-state index contributed by atoms with van der Waals surface area (Å²) in [5.41, 5.74) is 1.39. The van der Waals surface area contributed by atoms with Crippen molar-refractivity contribution in [3.05, 3.63) is 29.8 Å². The van der Waals surface area contributed by atoms with Crippen molar-refractivity contribution in [2.24, 2.45) is 0 Å². The summed E-state index contributed by atoms with van der Waals surface area (Å²) in [5, 5.41) is 20.6. The van der Waals surface area contributed by atoms with E-state index in [2.05, 4.69) is 5.32 Å². The number of carbonyl (C=O) groups is 1. The van der Waals surface area contributed by atoms with Crippen LogP contribution < -0.4 is 10.8 Å². The first kappa shape index (κ1) is 13.7. The Kier molecular flexibility index (Phi) is 5.73. The Morgan fingerprint density at radius 2 is 1.94 bits per heavy atom. The Bertz CT molecular complexity index is 351. The van der Waals surface area contributed by atoms with E-state index in [9.17, 15) is 4.79 Å². The van der Waals surface area contributed by atoms with Crippen molar-refractivity contribution in [2.75, 3.05) is 0 Å². The van der Waals surface area contributed by atoms with Crippen LogP contribution in [0.25, 0.3) is 0 Å². The summed E-state index contributed by atoms with van der Waals surface area (Å²) in [6.07, 6.45) is 2.47. The summed E-state index contributed by atoms with van der Waals surface area (Å²) < 4.78 is 0. The largest absolute Gasteiger partial charge is 0.488 e. The van der Waals surface area contributed by atoms with Crippen LogP contribution in [0.2, 0.25) is 0 Å². The molecule has 1 rings (SSSR count). The van der Waals surface area contributed by atoms with E-state index >= 15 is 0 Å². The predicted molar refractivity (Wildman–Crippen MR) is 67.6 cm³/mol. The van der Waals surface area contributed by atoms with Gasteiger partial charge in [-0.1, -0.05) is 37.6 Å². The molecule has 0 spiro atoms. The van der Waals surface area contributed by atoms with E-state index in [1.807, 2.05) is 6.92 Å². The van der Waals surface area contributed by atoms with Crippen molar-refractivity contribution in [2.45, 2.75) is 32.7 Å². The van der Waals surface area contributed by atoms with Crippen LogP contribution in [-0.2, 0) is 11.3 Å². The molecule has 0 unspecified atom stereocenters. The van der Waals surface area contributed by atoms with Crippen LogP contribution in [0.15, 0.2) is 24.3 Å². The first-order chi connectivity index (χ1) is 8.13.